The van der Waals surface area contributed by atoms with Crippen molar-refractivity contribution in [2.24, 2.45) is 10.4 Å². The average molecular weight is 521 g/mol. The van der Waals surface area contributed by atoms with E-state index < -0.39 is 0 Å². The van der Waals surface area contributed by atoms with Gasteiger partial charge in [0, 0.05) is 49.6 Å². The lowest BCUT2D eigenvalue weighted by atomic mass is 9.67. The fourth-order valence-electron chi connectivity index (χ4n) is 6.06. The van der Waals surface area contributed by atoms with E-state index in [2.05, 4.69) is 45.7 Å². The maximum absolute atomic E-state index is 14.2. The molecular formula is C29H37FN6S. The molecule has 6 nitrogen and oxygen atoms in total. The first-order valence-electron chi connectivity index (χ1n) is 13.4. The number of aliphatic imine (C=N–C) groups is 1. The fraction of sp³-hybridized carbons (Fsp3) is 0.517. The highest BCUT2D eigenvalue weighted by Gasteiger charge is 2.45. The lowest BCUT2D eigenvalue weighted by molar-refractivity contribution is 0.202. The monoisotopic (exact) mass is 520 g/mol. The fourth-order valence-corrected chi connectivity index (χ4v) is 7.10. The second kappa shape index (κ2) is 11.0. The van der Waals surface area contributed by atoms with Crippen LogP contribution in [-0.4, -0.2) is 59.7 Å². The molecule has 5 rings (SSSR count). The van der Waals surface area contributed by atoms with E-state index in [1.165, 1.54) is 25.3 Å². The Morgan fingerprint density at radius 3 is 2.59 bits per heavy atom. The van der Waals surface area contributed by atoms with Gasteiger partial charge in [-0.1, -0.05) is 38.5 Å². The van der Waals surface area contributed by atoms with Crippen molar-refractivity contribution >= 4 is 17.8 Å². The van der Waals surface area contributed by atoms with Crippen molar-refractivity contribution in [2.45, 2.75) is 56.4 Å². The van der Waals surface area contributed by atoms with Crippen molar-refractivity contribution in [3.63, 3.8) is 0 Å². The Morgan fingerprint density at radius 2 is 1.86 bits per heavy atom. The average Bonchev–Trinajstić information content (AvgIpc) is 2.90. The summed E-state index contributed by atoms with van der Waals surface area (Å²) in [5.41, 5.74) is 3.51. The number of fused-ring (bicyclic) bond motifs is 2. The normalized spacial score (nSPS) is 22.5. The number of likely N-dealkylation sites (N-methyl/N-ethyl adjacent to an activating group) is 1. The number of amidine groups is 1. The SMILES string of the molecule is C=C(NCc1ccc(F)cc1SN1CCN(C)CC1)C1=C(C#N)C(=C)N2CCCC3(CCCCC3)C2=N1. The molecule has 2 saturated heterocycles. The predicted molar refractivity (Wildman–Crippen MR) is 148 cm³/mol. The zero-order valence-corrected chi connectivity index (χ0v) is 22.7. The summed E-state index contributed by atoms with van der Waals surface area (Å²) >= 11 is 1.61. The first kappa shape index (κ1) is 26.0. The van der Waals surface area contributed by atoms with Crippen molar-refractivity contribution < 1.29 is 4.39 Å². The van der Waals surface area contributed by atoms with Gasteiger partial charge in [-0.05, 0) is 62.4 Å². The van der Waals surface area contributed by atoms with Crippen molar-refractivity contribution in [1.82, 2.24) is 19.4 Å². The van der Waals surface area contributed by atoms with E-state index in [1.54, 1.807) is 18.0 Å². The maximum atomic E-state index is 14.2. The molecule has 0 atom stereocenters. The highest BCUT2D eigenvalue weighted by atomic mass is 32.2. The molecule has 0 radical (unpaired) electrons. The largest absolute Gasteiger partial charge is 0.380 e. The van der Waals surface area contributed by atoms with Gasteiger partial charge in [-0.25, -0.2) is 13.7 Å². The van der Waals surface area contributed by atoms with Gasteiger partial charge in [0.25, 0.3) is 0 Å². The molecule has 37 heavy (non-hydrogen) atoms. The minimum absolute atomic E-state index is 0.0786. The Morgan fingerprint density at radius 1 is 1.14 bits per heavy atom. The molecule has 3 fully saturated rings. The molecule has 1 aliphatic carbocycles. The van der Waals surface area contributed by atoms with Gasteiger partial charge in [0.15, 0.2) is 0 Å². The van der Waals surface area contributed by atoms with Crippen molar-refractivity contribution in [2.75, 3.05) is 39.8 Å². The van der Waals surface area contributed by atoms with Crippen LogP contribution in [0.5, 0.6) is 0 Å². The Kier molecular flexibility index (Phi) is 7.75. The van der Waals surface area contributed by atoms with Gasteiger partial charge in [-0.2, -0.15) is 5.26 Å². The Hall–Kier alpha value is -2.60. The molecule has 1 N–H and O–H groups in total. The smallest absolute Gasteiger partial charge is 0.124 e. The summed E-state index contributed by atoms with van der Waals surface area (Å²) < 4.78 is 16.5. The minimum atomic E-state index is -0.237. The van der Waals surface area contributed by atoms with Crippen LogP contribution in [0.25, 0.3) is 0 Å². The summed E-state index contributed by atoms with van der Waals surface area (Å²) in [6.07, 6.45) is 8.27. The zero-order chi connectivity index (χ0) is 26.0. The molecule has 0 aromatic heterocycles. The van der Waals surface area contributed by atoms with Crippen LogP contribution in [0.4, 0.5) is 4.39 Å². The van der Waals surface area contributed by atoms with E-state index in [0.717, 1.165) is 80.4 Å². The van der Waals surface area contributed by atoms with Crippen LogP contribution >= 0.6 is 11.9 Å². The van der Waals surface area contributed by atoms with Gasteiger partial charge >= 0.3 is 0 Å². The van der Waals surface area contributed by atoms with Gasteiger partial charge in [-0.3, -0.25) is 0 Å². The van der Waals surface area contributed by atoms with E-state index in [9.17, 15) is 9.65 Å². The summed E-state index contributed by atoms with van der Waals surface area (Å²) in [5.74, 6) is 0.840. The molecule has 0 unspecified atom stereocenters. The third kappa shape index (κ3) is 5.36. The number of allylic oxidation sites excluding steroid dienone is 1. The number of piperidine rings is 1. The van der Waals surface area contributed by atoms with E-state index in [-0.39, 0.29) is 11.2 Å². The predicted octanol–water partition coefficient (Wildman–Crippen LogP) is 5.43. The van der Waals surface area contributed by atoms with Crippen molar-refractivity contribution in [1.29, 1.82) is 5.26 Å². The highest BCUT2D eigenvalue weighted by Crippen LogP contribution is 2.48. The number of hydrogen-bond acceptors (Lipinski definition) is 7. The van der Waals surface area contributed by atoms with Crippen LogP contribution in [0.2, 0.25) is 0 Å². The number of halogens is 1. The Labute approximate surface area is 224 Å². The van der Waals surface area contributed by atoms with Gasteiger partial charge < -0.3 is 15.1 Å². The quantitative estimate of drug-likeness (QED) is 0.505. The molecule has 0 bridgehead atoms. The number of hydrogen-bond donors (Lipinski definition) is 1. The molecule has 1 aromatic rings. The molecule has 0 amide bonds. The number of nitriles is 1. The van der Waals surface area contributed by atoms with Crippen LogP contribution in [0, 0.1) is 22.6 Å². The van der Waals surface area contributed by atoms with Gasteiger partial charge in [0.2, 0.25) is 0 Å². The molecule has 1 spiro atoms. The molecular weight excluding hydrogens is 483 g/mol. The number of nitrogens with one attached hydrogen (secondary N) is 1. The standard InChI is InChI=1S/C29H37FN6S/c1-21(32-20-23-8-9-24(30)18-26(23)37-35-16-14-34(3)15-17-35)27-25(19-31)22(2)36-13-7-12-29(28(36)33-27)10-5-4-6-11-29/h8-9,18,32H,1-2,4-7,10-17,20H2,3H3. The Balaban J connectivity index is 1.36. The third-order valence-corrected chi connectivity index (χ3v) is 9.46. The van der Waals surface area contributed by atoms with Crippen LogP contribution in [0.15, 0.2) is 63.9 Å². The van der Waals surface area contributed by atoms with E-state index in [0.29, 0.717) is 23.5 Å². The molecule has 3 aliphatic heterocycles. The molecule has 1 saturated carbocycles. The van der Waals surface area contributed by atoms with Crippen LogP contribution in [0.3, 0.4) is 0 Å². The lowest BCUT2D eigenvalue weighted by Gasteiger charge is -2.49. The molecule has 196 valence electrons. The van der Waals surface area contributed by atoms with Gasteiger partial charge in [0.05, 0.1) is 11.4 Å². The van der Waals surface area contributed by atoms with Gasteiger partial charge in [-0.15, -0.1) is 0 Å². The van der Waals surface area contributed by atoms with E-state index in [1.807, 2.05) is 6.07 Å². The number of nitrogens with zero attached hydrogens (tertiary/aromatic N) is 5. The zero-order valence-electron chi connectivity index (χ0n) is 21.9. The second-order valence-electron chi connectivity index (χ2n) is 10.7. The van der Waals surface area contributed by atoms with E-state index >= 15 is 0 Å². The maximum Gasteiger partial charge on any atom is 0.124 e. The summed E-state index contributed by atoms with van der Waals surface area (Å²) in [5, 5.41) is 13.5. The third-order valence-electron chi connectivity index (χ3n) is 8.26. The molecule has 3 heterocycles. The molecule has 4 aliphatic rings. The summed E-state index contributed by atoms with van der Waals surface area (Å²) in [6.45, 7) is 13.8. The van der Waals surface area contributed by atoms with E-state index in [4.69, 9.17) is 4.99 Å². The molecule has 1 aromatic carbocycles. The first-order valence-corrected chi connectivity index (χ1v) is 14.2. The second-order valence-corrected chi connectivity index (χ2v) is 11.9. The van der Waals surface area contributed by atoms with Crippen LogP contribution in [-0.2, 0) is 6.54 Å². The van der Waals surface area contributed by atoms with Gasteiger partial charge in [0.1, 0.15) is 29.0 Å². The van der Waals surface area contributed by atoms with Crippen LogP contribution < -0.4 is 5.32 Å². The summed E-state index contributed by atoms with van der Waals surface area (Å²) in [6, 6.07) is 7.30. The minimum Gasteiger partial charge on any atom is -0.380 e. The summed E-state index contributed by atoms with van der Waals surface area (Å²) in [7, 11) is 2.13. The van der Waals surface area contributed by atoms with Crippen molar-refractivity contribution in [3.8, 4) is 6.07 Å². The number of rotatable bonds is 6. The topological polar surface area (TPSA) is 57.9 Å². The van der Waals surface area contributed by atoms with Crippen molar-refractivity contribution in [3.05, 3.63) is 65.4 Å². The number of piperazine rings is 1. The number of benzene rings is 1. The Bertz CT molecular complexity index is 1160. The first-order chi connectivity index (χ1) is 17.9. The highest BCUT2D eigenvalue weighted by molar-refractivity contribution is 7.97. The lowest BCUT2D eigenvalue weighted by Crippen LogP contribution is -2.50. The van der Waals surface area contributed by atoms with Crippen LogP contribution in [0.1, 0.15) is 50.5 Å². The molecule has 8 heteroatoms. The summed E-state index contributed by atoms with van der Waals surface area (Å²) in [4.78, 5) is 10.5.